The van der Waals surface area contributed by atoms with Gasteiger partial charge in [-0.15, -0.1) is 0 Å². The number of carbonyl (C=O) groups excluding carboxylic acids is 2. The molecule has 0 radical (unpaired) electrons. The van der Waals surface area contributed by atoms with Crippen LogP contribution in [0.15, 0.2) is 54.6 Å². The minimum atomic E-state index is -0.642. The SMILES string of the molecule is NC(=O)c1cc2ccccc2cc1NC(=O)Nc1c(Cl)cccc1Cl. The first-order valence-corrected chi connectivity index (χ1v) is 8.06. The number of urea groups is 1. The van der Waals surface area contributed by atoms with Crippen LogP contribution in [0.25, 0.3) is 10.8 Å². The molecule has 0 saturated heterocycles. The molecule has 0 atom stereocenters. The Morgan fingerprint density at radius 2 is 1.44 bits per heavy atom. The van der Waals surface area contributed by atoms with E-state index < -0.39 is 11.9 Å². The van der Waals surface area contributed by atoms with Crippen molar-refractivity contribution in [3.63, 3.8) is 0 Å². The van der Waals surface area contributed by atoms with Crippen LogP contribution >= 0.6 is 23.2 Å². The van der Waals surface area contributed by atoms with Crippen molar-refractivity contribution < 1.29 is 9.59 Å². The molecule has 0 aliphatic rings. The van der Waals surface area contributed by atoms with Crippen molar-refractivity contribution in [1.82, 2.24) is 0 Å². The number of nitrogens with two attached hydrogens (primary N) is 1. The lowest BCUT2D eigenvalue weighted by molar-refractivity contribution is 0.100. The third-order valence-electron chi connectivity index (χ3n) is 3.60. The second-order valence-corrected chi connectivity index (χ2v) is 6.10. The van der Waals surface area contributed by atoms with Gasteiger partial charge in [0.1, 0.15) is 0 Å². The van der Waals surface area contributed by atoms with Gasteiger partial charge in [-0.25, -0.2) is 4.79 Å². The van der Waals surface area contributed by atoms with Gasteiger partial charge in [0.25, 0.3) is 5.91 Å². The number of amides is 3. The number of hydrogen-bond donors (Lipinski definition) is 3. The number of rotatable bonds is 3. The van der Waals surface area contributed by atoms with Crippen molar-refractivity contribution in [1.29, 1.82) is 0 Å². The molecule has 4 N–H and O–H groups in total. The smallest absolute Gasteiger partial charge is 0.323 e. The molecular formula is C18H13Cl2N3O2. The molecule has 0 unspecified atom stereocenters. The molecule has 0 spiro atoms. The molecule has 0 bridgehead atoms. The van der Waals surface area contributed by atoms with Gasteiger partial charge in [-0.05, 0) is 35.0 Å². The third kappa shape index (κ3) is 3.68. The van der Waals surface area contributed by atoms with Crippen LogP contribution < -0.4 is 16.4 Å². The van der Waals surface area contributed by atoms with Crippen LogP contribution in [0.1, 0.15) is 10.4 Å². The highest BCUT2D eigenvalue weighted by Crippen LogP contribution is 2.30. The Bertz CT molecular complexity index is 969. The first kappa shape index (κ1) is 17.1. The van der Waals surface area contributed by atoms with Crippen molar-refractivity contribution in [3.8, 4) is 0 Å². The number of primary amides is 1. The largest absolute Gasteiger partial charge is 0.366 e. The zero-order valence-corrected chi connectivity index (χ0v) is 14.4. The Kier molecular flexibility index (Phi) is 4.79. The fourth-order valence-corrected chi connectivity index (χ4v) is 2.92. The van der Waals surface area contributed by atoms with Gasteiger partial charge in [0.15, 0.2) is 0 Å². The monoisotopic (exact) mass is 373 g/mol. The topological polar surface area (TPSA) is 84.2 Å². The summed E-state index contributed by atoms with van der Waals surface area (Å²) in [5.74, 6) is -0.642. The predicted molar refractivity (Wildman–Crippen MR) is 102 cm³/mol. The van der Waals surface area contributed by atoms with Crippen molar-refractivity contribution in [2.45, 2.75) is 0 Å². The van der Waals surface area contributed by atoms with Gasteiger partial charge in [0.2, 0.25) is 0 Å². The first-order valence-electron chi connectivity index (χ1n) is 7.30. The summed E-state index contributed by atoms with van der Waals surface area (Å²) in [7, 11) is 0. The Hall–Kier alpha value is -2.76. The highest BCUT2D eigenvalue weighted by Gasteiger charge is 2.14. The van der Waals surface area contributed by atoms with Crippen LogP contribution in [-0.2, 0) is 0 Å². The number of benzene rings is 3. The normalized spacial score (nSPS) is 10.5. The van der Waals surface area contributed by atoms with Gasteiger partial charge in [-0.2, -0.15) is 0 Å². The molecule has 25 heavy (non-hydrogen) atoms. The lowest BCUT2D eigenvalue weighted by atomic mass is 10.0. The van der Waals surface area contributed by atoms with E-state index in [1.165, 1.54) is 0 Å². The number of carbonyl (C=O) groups is 2. The van der Waals surface area contributed by atoms with Gasteiger partial charge in [-0.1, -0.05) is 53.5 Å². The Morgan fingerprint density at radius 3 is 2.04 bits per heavy atom. The standard InChI is InChI=1S/C18H13Cl2N3O2/c19-13-6-3-7-14(20)16(13)23-18(25)22-15-9-11-5-2-1-4-10(11)8-12(15)17(21)24/h1-9H,(H2,21,24)(H2,22,23,25). The summed E-state index contributed by atoms with van der Waals surface area (Å²) in [6.07, 6.45) is 0. The molecule has 0 aliphatic heterocycles. The number of fused-ring (bicyclic) bond motifs is 1. The summed E-state index contributed by atoms with van der Waals surface area (Å²) < 4.78 is 0. The average Bonchev–Trinajstić information content (AvgIpc) is 2.57. The maximum atomic E-state index is 12.3. The Labute approximate surface area is 153 Å². The van der Waals surface area contributed by atoms with E-state index in [4.69, 9.17) is 28.9 Å². The van der Waals surface area contributed by atoms with Gasteiger partial charge < -0.3 is 16.4 Å². The van der Waals surface area contributed by atoms with E-state index in [0.717, 1.165) is 10.8 Å². The summed E-state index contributed by atoms with van der Waals surface area (Å²) >= 11 is 12.1. The van der Waals surface area contributed by atoms with Crippen molar-refractivity contribution in [2.75, 3.05) is 10.6 Å². The molecule has 3 amide bonds. The average molecular weight is 374 g/mol. The lowest BCUT2D eigenvalue weighted by Gasteiger charge is -2.13. The lowest BCUT2D eigenvalue weighted by Crippen LogP contribution is -2.23. The highest BCUT2D eigenvalue weighted by atomic mass is 35.5. The zero-order chi connectivity index (χ0) is 18.0. The molecule has 0 fully saturated rings. The van der Waals surface area contributed by atoms with Crippen LogP contribution in [0.4, 0.5) is 16.2 Å². The molecule has 5 nitrogen and oxygen atoms in total. The summed E-state index contributed by atoms with van der Waals surface area (Å²) in [4.78, 5) is 24.0. The second kappa shape index (κ2) is 7.01. The molecule has 0 heterocycles. The molecule has 126 valence electrons. The first-order chi connectivity index (χ1) is 12.0. The summed E-state index contributed by atoms with van der Waals surface area (Å²) in [5, 5.41) is 7.50. The highest BCUT2D eigenvalue weighted by molar-refractivity contribution is 6.39. The quantitative estimate of drug-likeness (QED) is 0.610. The molecule has 7 heteroatoms. The number of hydrogen-bond acceptors (Lipinski definition) is 2. The molecule has 0 aromatic heterocycles. The van der Waals surface area contributed by atoms with E-state index in [-0.39, 0.29) is 11.3 Å². The Morgan fingerprint density at radius 1 is 0.840 bits per heavy atom. The van der Waals surface area contributed by atoms with Gasteiger partial charge in [-0.3, -0.25) is 4.79 Å². The van der Waals surface area contributed by atoms with Crippen LogP contribution in [0.2, 0.25) is 10.0 Å². The van der Waals surface area contributed by atoms with Crippen molar-refractivity contribution in [2.24, 2.45) is 5.73 Å². The summed E-state index contributed by atoms with van der Waals surface area (Å²) in [6.45, 7) is 0. The summed E-state index contributed by atoms with van der Waals surface area (Å²) in [6, 6.07) is 15.0. The van der Waals surface area contributed by atoms with Crippen LogP contribution in [-0.4, -0.2) is 11.9 Å². The number of para-hydroxylation sites is 1. The van der Waals surface area contributed by atoms with Gasteiger partial charge >= 0.3 is 6.03 Å². The van der Waals surface area contributed by atoms with E-state index >= 15 is 0 Å². The third-order valence-corrected chi connectivity index (χ3v) is 4.23. The predicted octanol–water partition coefficient (Wildman–Crippen LogP) is 4.89. The second-order valence-electron chi connectivity index (χ2n) is 5.28. The number of anilines is 2. The van der Waals surface area contributed by atoms with Crippen LogP contribution in [0, 0.1) is 0 Å². The molecular weight excluding hydrogens is 361 g/mol. The van der Waals surface area contributed by atoms with Crippen LogP contribution in [0.3, 0.4) is 0 Å². The molecule has 3 aromatic rings. The maximum absolute atomic E-state index is 12.3. The maximum Gasteiger partial charge on any atom is 0.323 e. The van der Waals surface area contributed by atoms with Crippen molar-refractivity contribution in [3.05, 3.63) is 70.2 Å². The van der Waals surface area contributed by atoms with E-state index in [9.17, 15) is 9.59 Å². The van der Waals surface area contributed by atoms with Gasteiger partial charge in [0, 0.05) is 0 Å². The van der Waals surface area contributed by atoms with E-state index in [1.807, 2.05) is 24.3 Å². The Balaban J connectivity index is 1.92. The zero-order valence-electron chi connectivity index (χ0n) is 12.8. The molecule has 3 rings (SSSR count). The van der Waals surface area contributed by atoms with E-state index in [2.05, 4.69) is 10.6 Å². The fourth-order valence-electron chi connectivity index (χ4n) is 2.43. The minimum Gasteiger partial charge on any atom is -0.366 e. The molecule has 0 saturated carbocycles. The number of halogens is 2. The molecule has 0 aliphatic carbocycles. The van der Waals surface area contributed by atoms with E-state index in [0.29, 0.717) is 15.7 Å². The summed E-state index contributed by atoms with van der Waals surface area (Å²) in [5.41, 5.74) is 6.22. The minimum absolute atomic E-state index is 0.208. The van der Waals surface area contributed by atoms with E-state index in [1.54, 1.807) is 30.3 Å². The fraction of sp³-hybridized carbons (Fsp3) is 0. The van der Waals surface area contributed by atoms with Crippen molar-refractivity contribution >= 4 is 57.3 Å². The van der Waals surface area contributed by atoms with Crippen LogP contribution in [0.5, 0.6) is 0 Å². The van der Waals surface area contributed by atoms with Gasteiger partial charge in [0.05, 0.1) is 27.0 Å². The number of nitrogens with one attached hydrogen (secondary N) is 2. The molecule has 3 aromatic carbocycles.